The first-order valence-corrected chi connectivity index (χ1v) is 4.32. The van der Waals surface area contributed by atoms with Crippen molar-refractivity contribution in [3.63, 3.8) is 0 Å². The second-order valence-electron chi connectivity index (χ2n) is 2.67. The number of nitriles is 1. The van der Waals surface area contributed by atoms with Crippen molar-refractivity contribution in [1.82, 2.24) is 10.6 Å². The van der Waals surface area contributed by atoms with Crippen LogP contribution in [-0.2, 0) is 4.79 Å². The van der Waals surface area contributed by atoms with Crippen LogP contribution in [0.1, 0.15) is 13.3 Å². The van der Waals surface area contributed by atoms with E-state index < -0.39 is 11.9 Å². The SMILES string of the molecule is CCC(C#N)C(=O)NCCNC(N)=O. The summed E-state index contributed by atoms with van der Waals surface area (Å²) in [6, 6.07) is 1.24. The molecule has 0 aliphatic rings. The van der Waals surface area contributed by atoms with Crippen LogP contribution in [0.3, 0.4) is 0 Å². The largest absolute Gasteiger partial charge is 0.353 e. The molecule has 0 heterocycles. The van der Waals surface area contributed by atoms with Crippen molar-refractivity contribution in [2.75, 3.05) is 13.1 Å². The van der Waals surface area contributed by atoms with E-state index in [2.05, 4.69) is 10.6 Å². The fourth-order valence-electron chi connectivity index (χ4n) is 0.830. The van der Waals surface area contributed by atoms with Crippen molar-refractivity contribution in [1.29, 1.82) is 5.26 Å². The molecule has 0 aliphatic heterocycles. The minimum absolute atomic E-state index is 0.267. The van der Waals surface area contributed by atoms with Gasteiger partial charge in [0.15, 0.2) is 0 Å². The topological polar surface area (TPSA) is 108 Å². The first-order valence-electron chi connectivity index (χ1n) is 4.32. The molecule has 0 aromatic heterocycles. The van der Waals surface area contributed by atoms with Crippen LogP contribution in [0.4, 0.5) is 4.79 Å². The molecule has 0 spiro atoms. The fraction of sp³-hybridized carbons (Fsp3) is 0.625. The molecular weight excluding hydrogens is 184 g/mol. The lowest BCUT2D eigenvalue weighted by atomic mass is 10.1. The van der Waals surface area contributed by atoms with E-state index in [4.69, 9.17) is 11.0 Å². The highest BCUT2D eigenvalue weighted by molar-refractivity contribution is 5.81. The maximum Gasteiger partial charge on any atom is 0.312 e. The highest BCUT2D eigenvalue weighted by Gasteiger charge is 2.13. The Bertz CT molecular complexity index is 246. The van der Waals surface area contributed by atoms with Crippen LogP contribution in [0, 0.1) is 17.2 Å². The van der Waals surface area contributed by atoms with Gasteiger partial charge in [0, 0.05) is 13.1 Å². The number of nitrogens with zero attached hydrogens (tertiary/aromatic N) is 1. The van der Waals surface area contributed by atoms with E-state index >= 15 is 0 Å². The number of primary amides is 1. The molecule has 0 fully saturated rings. The second-order valence-corrected chi connectivity index (χ2v) is 2.67. The van der Waals surface area contributed by atoms with Gasteiger partial charge in [0.1, 0.15) is 5.92 Å². The van der Waals surface area contributed by atoms with E-state index in [1.165, 1.54) is 0 Å². The molecule has 0 radical (unpaired) electrons. The third-order valence-corrected chi connectivity index (χ3v) is 1.60. The maximum atomic E-state index is 11.2. The highest BCUT2D eigenvalue weighted by Crippen LogP contribution is 1.98. The van der Waals surface area contributed by atoms with E-state index in [9.17, 15) is 9.59 Å². The molecule has 3 amide bonds. The first-order chi connectivity index (χ1) is 6.61. The van der Waals surface area contributed by atoms with Crippen molar-refractivity contribution >= 4 is 11.9 Å². The lowest BCUT2D eigenvalue weighted by Gasteiger charge is -2.07. The second kappa shape index (κ2) is 6.71. The number of urea groups is 1. The van der Waals surface area contributed by atoms with E-state index in [1.807, 2.05) is 6.07 Å². The molecule has 1 unspecified atom stereocenters. The smallest absolute Gasteiger partial charge is 0.312 e. The molecule has 0 aliphatic carbocycles. The summed E-state index contributed by atoms with van der Waals surface area (Å²) < 4.78 is 0. The van der Waals surface area contributed by atoms with Crippen LogP contribution in [0.2, 0.25) is 0 Å². The van der Waals surface area contributed by atoms with Crippen LogP contribution in [0.15, 0.2) is 0 Å². The molecule has 6 heteroatoms. The zero-order chi connectivity index (χ0) is 11.0. The van der Waals surface area contributed by atoms with Crippen LogP contribution < -0.4 is 16.4 Å². The minimum atomic E-state index is -0.633. The van der Waals surface area contributed by atoms with Crippen LogP contribution in [-0.4, -0.2) is 25.0 Å². The van der Waals surface area contributed by atoms with Gasteiger partial charge < -0.3 is 16.4 Å². The number of rotatable bonds is 5. The lowest BCUT2D eigenvalue weighted by Crippen LogP contribution is -2.39. The Kier molecular flexibility index (Phi) is 5.87. The van der Waals surface area contributed by atoms with Gasteiger partial charge in [0.25, 0.3) is 0 Å². The zero-order valence-electron chi connectivity index (χ0n) is 8.04. The van der Waals surface area contributed by atoms with Gasteiger partial charge in [-0.25, -0.2) is 4.79 Å². The maximum absolute atomic E-state index is 11.2. The molecule has 0 rings (SSSR count). The van der Waals surface area contributed by atoms with Gasteiger partial charge in [-0.15, -0.1) is 0 Å². The first kappa shape index (κ1) is 12.2. The molecule has 0 saturated carbocycles. The molecule has 6 nitrogen and oxygen atoms in total. The van der Waals surface area contributed by atoms with Crippen LogP contribution >= 0.6 is 0 Å². The van der Waals surface area contributed by atoms with E-state index in [0.29, 0.717) is 6.42 Å². The minimum Gasteiger partial charge on any atom is -0.353 e. The molecule has 0 aromatic carbocycles. The molecule has 4 N–H and O–H groups in total. The molecule has 78 valence electrons. The Morgan fingerprint density at radius 3 is 2.43 bits per heavy atom. The number of carbonyl (C=O) groups excluding carboxylic acids is 2. The van der Waals surface area contributed by atoms with Crippen molar-refractivity contribution in [3.8, 4) is 6.07 Å². The molecule has 0 saturated heterocycles. The Morgan fingerprint density at radius 2 is 2.00 bits per heavy atom. The Balaban J connectivity index is 3.64. The molecule has 0 bridgehead atoms. The summed E-state index contributed by atoms with van der Waals surface area (Å²) in [4.78, 5) is 21.4. The predicted octanol–water partition coefficient (Wildman–Crippen LogP) is -0.679. The summed E-state index contributed by atoms with van der Waals surface area (Å²) in [7, 11) is 0. The monoisotopic (exact) mass is 198 g/mol. The predicted molar refractivity (Wildman–Crippen MR) is 50.0 cm³/mol. The standard InChI is InChI=1S/C8H14N4O2/c1-2-6(5-9)7(13)11-3-4-12-8(10)14/h6H,2-4H2,1H3,(H,11,13)(H3,10,12,14). The fourth-order valence-corrected chi connectivity index (χ4v) is 0.830. The average Bonchev–Trinajstić information content (AvgIpc) is 2.14. The summed E-state index contributed by atoms with van der Waals surface area (Å²) in [5.74, 6) is -0.940. The molecule has 14 heavy (non-hydrogen) atoms. The van der Waals surface area contributed by atoms with Crippen molar-refractivity contribution in [3.05, 3.63) is 0 Å². The van der Waals surface area contributed by atoms with E-state index in [0.717, 1.165) is 0 Å². The number of amides is 3. The number of hydrogen-bond donors (Lipinski definition) is 3. The molecular formula is C8H14N4O2. The normalized spacial score (nSPS) is 11.1. The highest BCUT2D eigenvalue weighted by atomic mass is 16.2. The number of hydrogen-bond acceptors (Lipinski definition) is 3. The Morgan fingerprint density at radius 1 is 1.43 bits per heavy atom. The van der Waals surface area contributed by atoms with Gasteiger partial charge in [-0.05, 0) is 6.42 Å². The average molecular weight is 198 g/mol. The van der Waals surface area contributed by atoms with E-state index in [-0.39, 0.29) is 19.0 Å². The summed E-state index contributed by atoms with van der Waals surface area (Å²) in [5, 5.41) is 13.4. The molecule has 0 aromatic rings. The van der Waals surface area contributed by atoms with Crippen molar-refractivity contribution in [2.45, 2.75) is 13.3 Å². The van der Waals surface area contributed by atoms with Gasteiger partial charge >= 0.3 is 6.03 Å². The quantitative estimate of drug-likeness (QED) is 0.509. The number of nitrogens with one attached hydrogen (secondary N) is 2. The van der Waals surface area contributed by atoms with Gasteiger partial charge in [0.2, 0.25) is 5.91 Å². The Labute approximate surface area is 82.4 Å². The van der Waals surface area contributed by atoms with Crippen LogP contribution in [0.5, 0.6) is 0 Å². The summed E-state index contributed by atoms with van der Waals surface area (Å²) >= 11 is 0. The molecule has 1 atom stereocenters. The van der Waals surface area contributed by atoms with Crippen LogP contribution in [0.25, 0.3) is 0 Å². The number of nitrogens with two attached hydrogens (primary N) is 1. The van der Waals surface area contributed by atoms with Gasteiger partial charge in [-0.1, -0.05) is 6.92 Å². The lowest BCUT2D eigenvalue weighted by molar-refractivity contribution is -0.123. The van der Waals surface area contributed by atoms with E-state index in [1.54, 1.807) is 6.92 Å². The third-order valence-electron chi connectivity index (χ3n) is 1.60. The Hall–Kier alpha value is -1.77. The van der Waals surface area contributed by atoms with Crippen molar-refractivity contribution in [2.24, 2.45) is 11.7 Å². The number of carbonyl (C=O) groups is 2. The summed E-state index contributed by atoms with van der Waals surface area (Å²) in [6.07, 6.45) is 0.478. The zero-order valence-corrected chi connectivity index (χ0v) is 8.04. The summed E-state index contributed by atoms with van der Waals surface area (Å²) in [6.45, 7) is 2.30. The van der Waals surface area contributed by atoms with Gasteiger partial charge in [-0.3, -0.25) is 4.79 Å². The van der Waals surface area contributed by atoms with Crippen molar-refractivity contribution < 1.29 is 9.59 Å². The van der Waals surface area contributed by atoms with Gasteiger partial charge in [0.05, 0.1) is 6.07 Å². The van der Waals surface area contributed by atoms with Gasteiger partial charge in [-0.2, -0.15) is 5.26 Å². The summed E-state index contributed by atoms with van der Waals surface area (Å²) in [5.41, 5.74) is 4.81. The third kappa shape index (κ3) is 4.98.